The highest BCUT2D eigenvalue weighted by molar-refractivity contribution is 9.10. The van der Waals surface area contributed by atoms with Gasteiger partial charge in [-0.25, -0.2) is 4.79 Å². The lowest BCUT2D eigenvalue weighted by Gasteiger charge is -2.05. The van der Waals surface area contributed by atoms with Crippen LogP contribution in [0.3, 0.4) is 0 Å². The average molecular weight is 385 g/mol. The number of fused-ring (bicyclic) bond motifs is 1. The van der Waals surface area contributed by atoms with Crippen molar-refractivity contribution in [3.63, 3.8) is 0 Å². The minimum atomic E-state index is -0.426. The number of amides is 1. The summed E-state index contributed by atoms with van der Waals surface area (Å²) in [5, 5.41) is 3.84. The number of hydrogen-bond donors (Lipinski definition) is 2. The number of alkyl carbamates (subject to hydrolysis) is 1. The number of nitrogens with one attached hydrogen (secondary N) is 2. The lowest BCUT2D eigenvalue weighted by molar-refractivity contribution is 0.141. The smallest absolute Gasteiger partial charge is 0.407 e. The summed E-state index contributed by atoms with van der Waals surface area (Å²) in [6.45, 7) is 0.682. The zero-order chi connectivity index (χ0) is 16.8. The monoisotopic (exact) mass is 384 g/mol. The Balaban J connectivity index is 1.49. The van der Waals surface area contributed by atoms with Crippen LogP contribution in [-0.4, -0.2) is 17.6 Å². The molecule has 2 aromatic carbocycles. The summed E-state index contributed by atoms with van der Waals surface area (Å²) < 4.78 is 6.19. The SMILES string of the molecule is O=C(NCC=Cc1c[nH]c2ccc(Br)cc12)OCc1ccccc1. The molecule has 0 aliphatic rings. The molecule has 0 spiro atoms. The van der Waals surface area contributed by atoms with Crippen molar-refractivity contribution >= 4 is 39.0 Å². The third-order valence-corrected chi connectivity index (χ3v) is 4.04. The summed E-state index contributed by atoms with van der Waals surface area (Å²) >= 11 is 3.48. The lowest BCUT2D eigenvalue weighted by atomic mass is 10.1. The van der Waals surface area contributed by atoms with Crippen LogP contribution in [0, 0.1) is 0 Å². The van der Waals surface area contributed by atoms with Gasteiger partial charge >= 0.3 is 6.09 Å². The molecular formula is C19H17BrN2O2. The maximum absolute atomic E-state index is 11.7. The number of aromatic nitrogens is 1. The quantitative estimate of drug-likeness (QED) is 0.659. The third kappa shape index (κ3) is 4.26. The number of benzene rings is 2. The van der Waals surface area contributed by atoms with Gasteiger partial charge in [0.15, 0.2) is 0 Å². The first kappa shape index (κ1) is 16.3. The molecule has 0 aliphatic carbocycles. The molecule has 1 aromatic heterocycles. The zero-order valence-corrected chi connectivity index (χ0v) is 14.5. The highest BCUT2D eigenvalue weighted by Crippen LogP contribution is 2.23. The molecule has 3 rings (SSSR count). The molecule has 1 heterocycles. The van der Waals surface area contributed by atoms with Gasteiger partial charge in [-0.15, -0.1) is 0 Å². The van der Waals surface area contributed by atoms with Crippen LogP contribution in [0.25, 0.3) is 17.0 Å². The van der Waals surface area contributed by atoms with Gasteiger partial charge < -0.3 is 15.0 Å². The largest absolute Gasteiger partial charge is 0.445 e. The second-order valence-corrected chi connectivity index (χ2v) is 6.19. The van der Waals surface area contributed by atoms with Crippen LogP contribution in [0.5, 0.6) is 0 Å². The van der Waals surface area contributed by atoms with Crippen molar-refractivity contribution in [1.29, 1.82) is 0 Å². The molecular weight excluding hydrogens is 368 g/mol. The fourth-order valence-corrected chi connectivity index (χ4v) is 2.72. The molecule has 2 N–H and O–H groups in total. The molecule has 0 radical (unpaired) electrons. The Kier molecular flexibility index (Phi) is 5.33. The molecule has 1 amide bonds. The van der Waals surface area contributed by atoms with Crippen molar-refractivity contribution in [2.75, 3.05) is 6.54 Å². The van der Waals surface area contributed by atoms with E-state index in [1.165, 1.54) is 0 Å². The molecule has 0 fully saturated rings. The van der Waals surface area contributed by atoms with E-state index < -0.39 is 6.09 Å². The maximum atomic E-state index is 11.7. The predicted molar refractivity (Wildman–Crippen MR) is 99.7 cm³/mol. The predicted octanol–water partition coefficient (Wildman–Crippen LogP) is 4.87. The first-order valence-electron chi connectivity index (χ1n) is 7.60. The minimum Gasteiger partial charge on any atom is -0.445 e. The van der Waals surface area contributed by atoms with Crippen LogP contribution in [0.4, 0.5) is 4.79 Å². The van der Waals surface area contributed by atoms with E-state index in [4.69, 9.17) is 4.74 Å². The number of carbonyl (C=O) groups is 1. The fourth-order valence-electron chi connectivity index (χ4n) is 2.35. The van der Waals surface area contributed by atoms with Gasteiger partial charge in [0.25, 0.3) is 0 Å². The number of ether oxygens (including phenoxy) is 1. The van der Waals surface area contributed by atoms with Gasteiger partial charge in [-0.05, 0) is 29.3 Å². The molecule has 5 heteroatoms. The second kappa shape index (κ2) is 7.84. The van der Waals surface area contributed by atoms with E-state index in [1.807, 2.05) is 60.8 Å². The molecule has 0 saturated heterocycles. The van der Waals surface area contributed by atoms with Crippen LogP contribution in [-0.2, 0) is 11.3 Å². The molecule has 24 heavy (non-hydrogen) atoms. The van der Waals surface area contributed by atoms with Gasteiger partial charge in [0.1, 0.15) is 6.61 Å². The van der Waals surface area contributed by atoms with Crippen LogP contribution in [0.2, 0.25) is 0 Å². The van der Waals surface area contributed by atoms with Crippen molar-refractivity contribution < 1.29 is 9.53 Å². The van der Waals surface area contributed by atoms with Crippen LogP contribution in [0.1, 0.15) is 11.1 Å². The minimum absolute atomic E-state index is 0.271. The first-order valence-corrected chi connectivity index (χ1v) is 8.39. The topological polar surface area (TPSA) is 54.1 Å². The van der Waals surface area contributed by atoms with Crippen molar-refractivity contribution in [2.45, 2.75) is 6.61 Å². The normalized spacial score (nSPS) is 11.0. The van der Waals surface area contributed by atoms with E-state index in [2.05, 4.69) is 32.3 Å². The molecule has 0 unspecified atom stereocenters. The van der Waals surface area contributed by atoms with Crippen LogP contribution < -0.4 is 5.32 Å². The Labute approximate surface area is 148 Å². The number of H-pyrrole nitrogens is 1. The number of hydrogen-bond acceptors (Lipinski definition) is 2. The van der Waals surface area contributed by atoms with Crippen LogP contribution in [0.15, 0.2) is 65.3 Å². The second-order valence-electron chi connectivity index (χ2n) is 5.28. The summed E-state index contributed by atoms with van der Waals surface area (Å²) in [5.74, 6) is 0. The fraction of sp³-hybridized carbons (Fsp3) is 0.105. The maximum Gasteiger partial charge on any atom is 0.407 e. The molecule has 0 bridgehead atoms. The Bertz CT molecular complexity index is 856. The number of halogens is 1. The van der Waals surface area contributed by atoms with E-state index >= 15 is 0 Å². The van der Waals surface area contributed by atoms with E-state index in [0.29, 0.717) is 6.54 Å². The van der Waals surface area contributed by atoms with E-state index in [1.54, 1.807) is 0 Å². The van der Waals surface area contributed by atoms with Crippen molar-refractivity contribution in [3.05, 3.63) is 76.4 Å². The highest BCUT2D eigenvalue weighted by Gasteiger charge is 2.02. The summed E-state index contributed by atoms with van der Waals surface area (Å²) in [6, 6.07) is 15.7. The van der Waals surface area contributed by atoms with Gasteiger partial charge in [0, 0.05) is 28.1 Å². The molecule has 122 valence electrons. The molecule has 0 atom stereocenters. The molecule has 0 saturated carbocycles. The Hall–Kier alpha value is -2.53. The molecule has 4 nitrogen and oxygen atoms in total. The summed E-state index contributed by atoms with van der Waals surface area (Å²) in [5.41, 5.74) is 3.12. The van der Waals surface area contributed by atoms with Crippen molar-refractivity contribution in [3.8, 4) is 0 Å². The third-order valence-electron chi connectivity index (χ3n) is 3.55. The summed E-state index contributed by atoms with van der Waals surface area (Å²) in [4.78, 5) is 14.9. The van der Waals surface area contributed by atoms with Crippen molar-refractivity contribution in [2.24, 2.45) is 0 Å². The van der Waals surface area contributed by atoms with E-state index in [0.717, 1.165) is 26.5 Å². The summed E-state index contributed by atoms with van der Waals surface area (Å²) in [7, 11) is 0. The average Bonchev–Trinajstić information content (AvgIpc) is 3.00. The van der Waals surface area contributed by atoms with E-state index in [-0.39, 0.29) is 6.61 Å². The molecule has 0 aliphatic heterocycles. The van der Waals surface area contributed by atoms with Gasteiger partial charge in [-0.3, -0.25) is 0 Å². The van der Waals surface area contributed by atoms with Gasteiger partial charge in [0.05, 0.1) is 0 Å². The Morgan fingerprint density at radius 2 is 2.04 bits per heavy atom. The van der Waals surface area contributed by atoms with Gasteiger partial charge in [-0.2, -0.15) is 0 Å². The first-order chi connectivity index (χ1) is 11.7. The lowest BCUT2D eigenvalue weighted by Crippen LogP contribution is -2.24. The Morgan fingerprint density at radius 1 is 1.21 bits per heavy atom. The standard InChI is InChI=1S/C19H17BrN2O2/c20-16-8-9-18-17(11-16)15(12-22-18)7-4-10-21-19(23)24-13-14-5-2-1-3-6-14/h1-9,11-12,22H,10,13H2,(H,21,23). The zero-order valence-electron chi connectivity index (χ0n) is 13.0. The Morgan fingerprint density at radius 3 is 2.88 bits per heavy atom. The van der Waals surface area contributed by atoms with Gasteiger partial charge in [0.2, 0.25) is 0 Å². The number of carbonyl (C=O) groups excluding carboxylic acids is 1. The summed E-state index contributed by atoms with van der Waals surface area (Å²) in [6.07, 6.45) is 5.39. The molecule has 3 aromatic rings. The van der Waals surface area contributed by atoms with Crippen LogP contribution >= 0.6 is 15.9 Å². The van der Waals surface area contributed by atoms with E-state index in [9.17, 15) is 4.79 Å². The van der Waals surface area contributed by atoms with Crippen molar-refractivity contribution in [1.82, 2.24) is 10.3 Å². The van der Waals surface area contributed by atoms with Gasteiger partial charge in [-0.1, -0.05) is 58.4 Å². The number of aromatic amines is 1. The highest BCUT2D eigenvalue weighted by atomic mass is 79.9. The number of rotatable bonds is 5.